The monoisotopic (exact) mass is 134 g/mol. The van der Waals surface area contributed by atoms with Crippen molar-refractivity contribution in [2.24, 2.45) is 5.41 Å². The molecule has 0 unspecified atom stereocenters. The number of aliphatic hydroxyl groups excluding tert-OH is 1. The summed E-state index contributed by atoms with van der Waals surface area (Å²) in [7, 11) is 0. The summed E-state index contributed by atoms with van der Waals surface area (Å²) in [6.45, 7) is 0. The van der Waals surface area contributed by atoms with Crippen molar-refractivity contribution in [2.75, 3.05) is 0 Å². The lowest BCUT2D eigenvalue weighted by Crippen LogP contribution is -2.34. The number of aliphatic hydroxyl groups is 1. The molecule has 1 spiro atoms. The van der Waals surface area contributed by atoms with Gasteiger partial charge in [0.2, 0.25) is 0 Å². The van der Waals surface area contributed by atoms with Crippen molar-refractivity contribution in [3.8, 4) is 0 Å². The molecule has 0 heterocycles. The Kier molecular flexibility index (Phi) is 0.712. The quantitative estimate of drug-likeness (QED) is 0.527. The Balaban J connectivity index is 2.03. The summed E-state index contributed by atoms with van der Waals surface area (Å²) < 4.78 is 24.6. The van der Waals surface area contributed by atoms with Crippen LogP contribution in [0, 0.1) is 5.41 Å². The first-order valence-corrected chi connectivity index (χ1v) is 3.12. The number of halogens is 2. The van der Waals surface area contributed by atoms with Gasteiger partial charge < -0.3 is 5.11 Å². The molecule has 0 radical (unpaired) electrons. The fourth-order valence-corrected chi connectivity index (χ4v) is 1.67. The zero-order chi connectivity index (χ0) is 6.70. The SMILES string of the molecule is OC1CC2(C1)CC2(F)F. The fraction of sp³-hybridized carbons (Fsp3) is 1.00. The van der Waals surface area contributed by atoms with Crippen LogP contribution >= 0.6 is 0 Å². The van der Waals surface area contributed by atoms with Crippen LogP contribution in [0.3, 0.4) is 0 Å². The first-order chi connectivity index (χ1) is 4.06. The van der Waals surface area contributed by atoms with Gasteiger partial charge in [0, 0.05) is 11.8 Å². The molecule has 2 fully saturated rings. The standard InChI is InChI=1S/C6H8F2O/c7-6(8)3-5(6)1-4(9)2-5/h4,9H,1-3H2. The number of hydrogen-bond donors (Lipinski definition) is 1. The van der Waals surface area contributed by atoms with Gasteiger partial charge in [0.15, 0.2) is 0 Å². The van der Waals surface area contributed by atoms with Gasteiger partial charge in [0.1, 0.15) is 0 Å². The Morgan fingerprint density at radius 2 is 1.78 bits per heavy atom. The van der Waals surface area contributed by atoms with Gasteiger partial charge in [-0.25, -0.2) is 8.78 Å². The molecule has 3 heteroatoms. The van der Waals surface area contributed by atoms with E-state index in [-0.39, 0.29) is 6.42 Å². The summed E-state index contributed by atoms with van der Waals surface area (Å²) in [6, 6.07) is 0. The van der Waals surface area contributed by atoms with Gasteiger partial charge in [0.05, 0.1) is 6.10 Å². The third kappa shape index (κ3) is 0.509. The number of hydrogen-bond acceptors (Lipinski definition) is 1. The average molecular weight is 134 g/mol. The molecular formula is C6H8F2O. The maximum absolute atomic E-state index is 12.3. The number of rotatable bonds is 0. The second-order valence-corrected chi connectivity index (χ2v) is 3.22. The second-order valence-electron chi connectivity index (χ2n) is 3.22. The van der Waals surface area contributed by atoms with E-state index in [1.807, 2.05) is 0 Å². The van der Waals surface area contributed by atoms with Crippen LogP contribution in [-0.2, 0) is 0 Å². The lowest BCUT2D eigenvalue weighted by Gasteiger charge is -2.31. The van der Waals surface area contributed by atoms with E-state index in [0.29, 0.717) is 12.8 Å². The first kappa shape index (κ1) is 5.59. The van der Waals surface area contributed by atoms with E-state index < -0.39 is 17.4 Å². The van der Waals surface area contributed by atoms with E-state index in [2.05, 4.69) is 0 Å². The maximum atomic E-state index is 12.3. The highest BCUT2D eigenvalue weighted by Gasteiger charge is 2.75. The Labute approximate surface area is 51.7 Å². The van der Waals surface area contributed by atoms with Gasteiger partial charge in [0.25, 0.3) is 5.92 Å². The summed E-state index contributed by atoms with van der Waals surface area (Å²) in [6.07, 6.45) is 0.204. The second kappa shape index (κ2) is 1.15. The summed E-state index contributed by atoms with van der Waals surface area (Å²) in [4.78, 5) is 0. The summed E-state index contributed by atoms with van der Waals surface area (Å²) in [5.74, 6) is -2.44. The third-order valence-corrected chi connectivity index (χ3v) is 2.46. The van der Waals surface area contributed by atoms with Crippen LogP contribution < -0.4 is 0 Å². The largest absolute Gasteiger partial charge is 0.393 e. The molecule has 1 N–H and O–H groups in total. The van der Waals surface area contributed by atoms with Crippen molar-refractivity contribution >= 4 is 0 Å². The molecule has 9 heavy (non-hydrogen) atoms. The van der Waals surface area contributed by atoms with Crippen molar-refractivity contribution < 1.29 is 13.9 Å². The van der Waals surface area contributed by atoms with Crippen LogP contribution in [0.1, 0.15) is 19.3 Å². The zero-order valence-corrected chi connectivity index (χ0v) is 4.90. The molecule has 0 aromatic carbocycles. The lowest BCUT2D eigenvalue weighted by molar-refractivity contribution is -0.0442. The lowest BCUT2D eigenvalue weighted by atomic mass is 9.78. The highest BCUT2D eigenvalue weighted by Crippen LogP contribution is 2.70. The predicted octanol–water partition coefficient (Wildman–Crippen LogP) is 1.17. The van der Waals surface area contributed by atoms with E-state index in [0.717, 1.165) is 0 Å². The van der Waals surface area contributed by atoms with Crippen molar-refractivity contribution in [3.63, 3.8) is 0 Å². The van der Waals surface area contributed by atoms with Crippen LogP contribution in [-0.4, -0.2) is 17.1 Å². The van der Waals surface area contributed by atoms with E-state index in [4.69, 9.17) is 5.11 Å². The minimum atomic E-state index is -2.44. The van der Waals surface area contributed by atoms with Crippen LogP contribution in [0.25, 0.3) is 0 Å². The van der Waals surface area contributed by atoms with Crippen molar-refractivity contribution in [3.05, 3.63) is 0 Å². The summed E-state index contributed by atoms with van der Waals surface area (Å²) in [5, 5.41) is 8.72. The molecule has 0 amide bonds. The van der Waals surface area contributed by atoms with Gasteiger partial charge in [-0.05, 0) is 12.8 Å². The minimum absolute atomic E-state index is 0.0110. The Morgan fingerprint density at radius 1 is 1.33 bits per heavy atom. The number of alkyl halides is 2. The molecule has 0 bridgehead atoms. The molecule has 0 aromatic heterocycles. The smallest absolute Gasteiger partial charge is 0.254 e. The van der Waals surface area contributed by atoms with Crippen molar-refractivity contribution in [1.82, 2.24) is 0 Å². The summed E-state index contributed by atoms with van der Waals surface area (Å²) >= 11 is 0. The molecule has 0 aromatic rings. The molecule has 52 valence electrons. The Hall–Kier alpha value is -0.180. The molecule has 0 atom stereocenters. The van der Waals surface area contributed by atoms with E-state index >= 15 is 0 Å². The topological polar surface area (TPSA) is 20.2 Å². The third-order valence-electron chi connectivity index (χ3n) is 2.46. The van der Waals surface area contributed by atoms with Crippen LogP contribution in [0.4, 0.5) is 8.78 Å². The molecule has 2 aliphatic carbocycles. The summed E-state index contributed by atoms with van der Waals surface area (Å²) in [5.41, 5.74) is -0.744. The maximum Gasteiger partial charge on any atom is 0.254 e. The van der Waals surface area contributed by atoms with Crippen molar-refractivity contribution in [2.45, 2.75) is 31.3 Å². The molecule has 1 nitrogen and oxygen atoms in total. The van der Waals surface area contributed by atoms with Gasteiger partial charge in [-0.1, -0.05) is 0 Å². The Morgan fingerprint density at radius 3 is 1.89 bits per heavy atom. The fourth-order valence-electron chi connectivity index (χ4n) is 1.67. The molecule has 2 rings (SSSR count). The van der Waals surface area contributed by atoms with Crippen molar-refractivity contribution in [1.29, 1.82) is 0 Å². The normalized spacial score (nSPS) is 53.0. The molecule has 0 saturated heterocycles. The van der Waals surface area contributed by atoms with Gasteiger partial charge >= 0.3 is 0 Å². The highest BCUT2D eigenvalue weighted by molar-refractivity contribution is 5.17. The van der Waals surface area contributed by atoms with Gasteiger partial charge in [-0.15, -0.1) is 0 Å². The first-order valence-electron chi connectivity index (χ1n) is 3.12. The molecular weight excluding hydrogens is 126 g/mol. The van der Waals surface area contributed by atoms with E-state index in [1.54, 1.807) is 0 Å². The average Bonchev–Trinajstić information content (AvgIpc) is 2.06. The van der Waals surface area contributed by atoms with Crippen LogP contribution in [0.2, 0.25) is 0 Å². The van der Waals surface area contributed by atoms with Gasteiger partial charge in [-0.2, -0.15) is 0 Å². The molecule has 2 saturated carbocycles. The van der Waals surface area contributed by atoms with E-state index in [1.165, 1.54) is 0 Å². The highest BCUT2D eigenvalue weighted by atomic mass is 19.3. The van der Waals surface area contributed by atoms with E-state index in [9.17, 15) is 8.78 Å². The molecule has 0 aliphatic heterocycles. The van der Waals surface area contributed by atoms with Crippen LogP contribution in [0.15, 0.2) is 0 Å². The van der Waals surface area contributed by atoms with Crippen LogP contribution in [0.5, 0.6) is 0 Å². The Bertz CT molecular complexity index is 149. The molecule has 2 aliphatic rings. The predicted molar refractivity (Wildman–Crippen MR) is 27.2 cm³/mol. The zero-order valence-electron chi connectivity index (χ0n) is 4.90. The van der Waals surface area contributed by atoms with Gasteiger partial charge in [-0.3, -0.25) is 0 Å². The minimum Gasteiger partial charge on any atom is -0.393 e.